The van der Waals surface area contributed by atoms with Crippen LogP contribution in [0.3, 0.4) is 0 Å². The maximum Gasteiger partial charge on any atom is 0.222 e. The van der Waals surface area contributed by atoms with E-state index in [1.165, 1.54) is 0 Å². The predicted octanol–water partition coefficient (Wildman–Crippen LogP) is 1.60. The molecule has 0 amide bonds. The molecular weight excluding hydrogens is 240 g/mol. The second-order valence-electron chi connectivity index (χ2n) is 4.06. The molecule has 0 saturated heterocycles. The molecule has 0 aliphatic heterocycles. The molecule has 0 saturated carbocycles. The summed E-state index contributed by atoms with van der Waals surface area (Å²) in [6, 6.07) is 9.79. The van der Waals surface area contributed by atoms with E-state index >= 15 is 0 Å². The van der Waals surface area contributed by atoms with Crippen molar-refractivity contribution >= 4 is 5.95 Å². The fourth-order valence-electron chi connectivity index (χ4n) is 1.81. The van der Waals surface area contributed by atoms with Crippen molar-refractivity contribution in [2.75, 3.05) is 19.0 Å². The first-order valence-corrected chi connectivity index (χ1v) is 6.21. The molecule has 1 aromatic carbocycles. The Morgan fingerprint density at radius 1 is 1.26 bits per heavy atom. The molecular formula is C14H18N4O. The average Bonchev–Trinajstić information content (AvgIpc) is 2.48. The van der Waals surface area contributed by atoms with Crippen LogP contribution in [0.2, 0.25) is 0 Å². The molecule has 1 aromatic heterocycles. The first-order valence-electron chi connectivity index (χ1n) is 6.21. The van der Waals surface area contributed by atoms with E-state index in [1.54, 1.807) is 13.3 Å². The van der Waals surface area contributed by atoms with Crippen molar-refractivity contribution in [2.45, 2.75) is 13.0 Å². The van der Waals surface area contributed by atoms with E-state index in [1.807, 2.05) is 24.3 Å². The zero-order chi connectivity index (χ0) is 13.5. The quantitative estimate of drug-likeness (QED) is 0.823. The summed E-state index contributed by atoms with van der Waals surface area (Å²) in [5.41, 5.74) is 7.53. The highest BCUT2D eigenvalue weighted by Gasteiger charge is 2.02. The van der Waals surface area contributed by atoms with Gasteiger partial charge in [-0.1, -0.05) is 18.2 Å². The number of nitrogens with one attached hydrogen (secondary N) is 1. The molecule has 0 atom stereocenters. The number of hydrogen-bond acceptors (Lipinski definition) is 5. The van der Waals surface area contributed by atoms with Crippen LogP contribution < -0.4 is 15.8 Å². The monoisotopic (exact) mass is 258 g/mol. The number of para-hydroxylation sites is 1. The van der Waals surface area contributed by atoms with E-state index in [-0.39, 0.29) is 0 Å². The predicted molar refractivity (Wildman–Crippen MR) is 75.1 cm³/mol. The van der Waals surface area contributed by atoms with Gasteiger partial charge in [-0.05, 0) is 24.1 Å². The molecule has 0 unspecified atom stereocenters. The number of hydrogen-bond donors (Lipinski definition) is 2. The first kappa shape index (κ1) is 13.3. The highest BCUT2D eigenvalue weighted by atomic mass is 16.5. The van der Waals surface area contributed by atoms with E-state index in [0.717, 1.165) is 30.0 Å². The van der Waals surface area contributed by atoms with Gasteiger partial charge in [-0.15, -0.1) is 0 Å². The standard InChI is InChI=1S/C14H18N4O/c1-19-13-5-3-2-4-11(13)6-8-16-14-17-9-7-12(10-15)18-14/h2-5,7,9H,6,8,10,15H2,1H3,(H,16,17,18). The van der Waals surface area contributed by atoms with Crippen LogP contribution in [0, 0.1) is 0 Å². The van der Waals surface area contributed by atoms with Crippen molar-refractivity contribution in [3.05, 3.63) is 47.8 Å². The van der Waals surface area contributed by atoms with Gasteiger partial charge in [-0.2, -0.15) is 0 Å². The van der Waals surface area contributed by atoms with Crippen LogP contribution in [0.1, 0.15) is 11.3 Å². The third-order valence-corrected chi connectivity index (χ3v) is 2.79. The second kappa shape index (κ2) is 6.70. The van der Waals surface area contributed by atoms with Gasteiger partial charge < -0.3 is 15.8 Å². The van der Waals surface area contributed by atoms with Crippen molar-refractivity contribution < 1.29 is 4.74 Å². The summed E-state index contributed by atoms with van der Waals surface area (Å²) in [4.78, 5) is 8.44. The van der Waals surface area contributed by atoms with Gasteiger partial charge in [-0.25, -0.2) is 9.97 Å². The van der Waals surface area contributed by atoms with Gasteiger partial charge in [-0.3, -0.25) is 0 Å². The summed E-state index contributed by atoms with van der Waals surface area (Å²) in [7, 11) is 1.68. The normalized spacial score (nSPS) is 10.2. The number of ether oxygens (including phenoxy) is 1. The molecule has 0 bridgehead atoms. The van der Waals surface area contributed by atoms with Crippen molar-refractivity contribution in [3.8, 4) is 5.75 Å². The lowest BCUT2D eigenvalue weighted by Gasteiger charge is -2.09. The van der Waals surface area contributed by atoms with Crippen molar-refractivity contribution in [2.24, 2.45) is 5.73 Å². The zero-order valence-corrected chi connectivity index (χ0v) is 11.0. The summed E-state index contributed by atoms with van der Waals surface area (Å²) in [5.74, 6) is 1.51. The Balaban J connectivity index is 1.92. The number of aromatic nitrogens is 2. The maximum absolute atomic E-state index is 5.54. The maximum atomic E-state index is 5.54. The van der Waals surface area contributed by atoms with E-state index < -0.39 is 0 Å². The third kappa shape index (κ3) is 3.66. The van der Waals surface area contributed by atoms with E-state index in [2.05, 4.69) is 21.4 Å². The van der Waals surface area contributed by atoms with Gasteiger partial charge >= 0.3 is 0 Å². The summed E-state index contributed by atoms with van der Waals surface area (Å²) in [5, 5.41) is 3.19. The topological polar surface area (TPSA) is 73.1 Å². The molecule has 100 valence electrons. The number of methoxy groups -OCH3 is 1. The first-order chi connectivity index (χ1) is 9.33. The second-order valence-corrected chi connectivity index (χ2v) is 4.06. The van der Waals surface area contributed by atoms with Crippen molar-refractivity contribution in [3.63, 3.8) is 0 Å². The Morgan fingerprint density at radius 3 is 2.89 bits per heavy atom. The van der Waals surface area contributed by atoms with Crippen LogP contribution in [-0.2, 0) is 13.0 Å². The highest BCUT2D eigenvalue weighted by molar-refractivity contribution is 5.34. The Kier molecular flexibility index (Phi) is 4.69. The Labute approximate surface area is 112 Å². The number of nitrogens with zero attached hydrogens (tertiary/aromatic N) is 2. The molecule has 2 aromatic rings. The summed E-state index contributed by atoms with van der Waals surface area (Å²) in [6.07, 6.45) is 2.56. The average molecular weight is 258 g/mol. The lowest BCUT2D eigenvalue weighted by molar-refractivity contribution is 0.410. The van der Waals surface area contributed by atoms with Crippen LogP contribution in [-0.4, -0.2) is 23.6 Å². The van der Waals surface area contributed by atoms with Crippen LogP contribution in [0.25, 0.3) is 0 Å². The molecule has 19 heavy (non-hydrogen) atoms. The van der Waals surface area contributed by atoms with Gasteiger partial charge in [0.1, 0.15) is 5.75 Å². The largest absolute Gasteiger partial charge is 0.496 e. The molecule has 5 heteroatoms. The molecule has 3 N–H and O–H groups in total. The molecule has 2 rings (SSSR count). The van der Waals surface area contributed by atoms with Crippen molar-refractivity contribution in [1.82, 2.24) is 9.97 Å². The lowest BCUT2D eigenvalue weighted by Crippen LogP contribution is -2.10. The number of benzene rings is 1. The summed E-state index contributed by atoms with van der Waals surface area (Å²) in [6.45, 7) is 1.16. The highest BCUT2D eigenvalue weighted by Crippen LogP contribution is 2.17. The minimum atomic E-state index is 0.420. The van der Waals surface area contributed by atoms with Gasteiger partial charge in [0.15, 0.2) is 0 Å². The number of rotatable bonds is 6. The van der Waals surface area contributed by atoms with E-state index in [0.29, 0.717) is 12.5 Å². The van der Waals surface area contributed by atoms with Gasteiger partial charge in [0.05, 0.1) is 12.8 Å². The molecule has 5 nitrogen and oxygen atoms in total. The van der Waals surface area contributed by atoms with Crippen LogP contribution in [0.4, 0.5) is 5.95 Å². The number of anilines is 1. The summed E-state index contributed by atoms with van der Waals surface area (Å²) >= 11 is 0. The fourth-order valence-corrected chi connectivity index (χ4v) is 1.81. The van der Waals surface area contributed by atoms with Crippen LogP contribution in [0.5, 0.6) is 5.75 Å². The number of nitrogens with two attached hydrogens (primary N) is 1. The van der Waals surface area contributed by atoms with Gasteiger partial charge in [0.2, 0.25) is 5.95 Å². The van der Waals surface area contributed by atoms with E-state index in [9.17, 15) is 0 Å². The Bertz CT molecular complexity index is 530. The minimum absolute atomic E-state index is 0.420. The Hall–Kier alpha value is -2.14. The molecule has 0 spiro atoms. The van der Waals surface area contributed by atoms with Crippen LogP contribution >= 0.6 is 0 Å². The third-order valence-electron chi connectivity index (χ3n) is 2.79. The fraction of sp³-hybridized carbons (Fsp3) is 0.286. The molecule has 0 fully saturated rings. The summed E-state index contributed by atoms with van der Waals surface area (Å²) < 4.78 is 5.31. The molecule has 0 aliphatic rings. The molecule has 0 radical (unpaired) electrons. The molecule has 0 aliphatic carbocycles. The Morgan fingerprint density at radius 2 is 2.11 bits per heavy atom. The van der Waals surface area contributed by atoms with Gasteiger partial charge in [0.25, 0.3) is 0 Å². The lowest BCUT2D eigenvalue weighted by atomic mass is 10.1. The van der Waals surface area contributed by atoms with Crippen LogP contribution in [0.15, 0.2) is 36.5 Å². The molecule has 1 heterocycles. The SMILES string of the molecule is COc1ccccc1CCNc1nccc(CN)n1. The minimum Gasteiger partial charge on any atom is -0.496 e. The van der Waals surface area contributed by atoms with Crippen molar-refractivity contribution in [1.29, 1.82) is 0 Å². The zero-order valence-electron chi connectivity index (χ0n) is 11.0. The van der Waals surface area contributed by atoms with Gasteiger partial charge in [0, 0.05) is 19.3 Å². The smallest absolute Gasteiger partial charge is 0.222 e. The van der Waals surface area contributed by atoms with E-state index in [4.69, 9.17) is 10.5 Å².